The Kier molecular flexibility index (Phi) is 4.89. The van der Waals surface area contributed by atoms with Gasteiger partial charge in [-0.1, -0.05) is 29.8 Å². The standard InChI is InChI=1S/C16H21NO2S/c1-12-3-5-14(6-4-12)9-13(2)15(18)17-10-16(19)7-8-20-11-16/h3-6,9,19H,7-8,10-11H2,1-2H3,(H,17,18)/b13-9-. The minimum atomic E-state index is -0.732. The maximum absolute atomic E-state index is 12.0. The number of hydrogen-bond donors (Lipinski definition) is 2. The minimum absolute atomic E-state index is 0.115. The number of nitrogens with one attached hydrogen (secondary N) is 1. The Labute approximate surface area is 124 Å². The molecule has 1 aromatic rings. The second-order valence-electron chi connectivity index (χ2n) is 5.45. The third-order valence-corrected chi connectivity index (χ3v) is 4.71. The third kappa shape index (κ3) is 4.12. The number of rotatable bonds is 4. The summed E-state index contributed by atoms with van der Waals surface area (Å²) in [4.78, 5) is 12.0. The molecule has 1 amide bonds. The fraction of sp³-hybridized carbons (Fsp3) is 0.438. The van der Waals surface area contributed by atoms with Gasteiger partial charge in [-0.25, -0.2) is 0 Å². The summed E-state index contributed by atoms with van der Waals surface area (Å²) in [5, 5.41) is 13.0. The van der Waals surface area contributed by atoms with Gasteiger partial charge >= 0.3 is 0 Å². The molecule has 1 atom stereocenters. The smallest absolute Gasteiger partial charge is 0.247 e. The van der Waals surface area contributed by atoms with Crippen molar-refractivity contribution in [2.75, 3.05) is 18.1 Å². The van der Waals surface area contributed by atoms with Crippen LogP contribution in [0, 0.1) is 6.92 Å². The van der Waals surface area contributed by atoms with Crippen molar-refractivity contribution in [2.45, 2.75) is 25.9 Å². The Morgan fingerprint density at radius 2 is 2.15 bits per heavy atom. The number of hydrogen-bond acceptors (Lipinski definition) is 3. The van der Waals surface area contributed by atoms with E-state index in [0.29, 0.717) is 17.9 Å². The number of thioether (sulfide) groups is 1. The lowest BCUT2D eigenvalue weighted by molar-refractivity contribution is -0.118. The van der Waals surface area contributed by atoms with E-state index in [4.69, 9.17) is 0 Å². The van der Waals surface area contributed by atoms with Crippen LogP contribution in [0.25, 0.3) is 6.08 Å². The Hall–Kier alpha value is -1.26. The monoisotopic (exact) mass is 291 g/mol. The molecule has 0 radical (unpaired) electrons. The maximum Gasteiger partial charge on any atom is 0.247 e. The first-order valence-electron chi connectivity index (χ1n) is 6.82. The largest absolute Gasteiger partial charge is 0.387 e. The van der Waals surface area contributed by atoms with E-state index in [-0.39, 0.29) is 5.91 Å². The quantitative estimate of drug-likeness (QED) is 0.837. The fourth-order valence-electron chi connectivity index (χ4n) is 2.10. The summed E-state index contributed by atoms with van der Waals surface area (Å²) < 4.78 is 0. The molecule has 0 aliphatic carbocycles. The van der Waals surface area contributed by atoms with E-state index in [2.05, 4.69) is 5.32 Å². The highest BCUT2D eigenvalue weighted by Gasteiger charge is 2.31. The summed E-state index contributed by atoms with van der Waals surface area (Å²) in [6.07, 6.45) is 2.61. The molecule has 1 heterocycles. The summed E-state index contributed by atoms with van der Waals surface area (Å²) in [5.74, 6) is 1.55. The minimum Gasteiger partial charge on any atom is -0.387 e. The predicted molar refractivity (Wildman–Crippen MR) is 84.7 cm³/mol. The molecule has 108 valence electrons. The molecule has 1 aliphatic rings. The van der Waals surface area contributed by atoms with Crippen LogP contribution in [0.3, 0.4) is 0 Å². The van der Waals surface area contributed by atoms with E-state index in [0.717, 1.165) is 17.7 Å². The van der Waals surface area contributed by atoms with Gasteiger partial charge in [0.2, 0.25) is 5.91 Å². The van der Waals surface area contributed by atoms with Crippen molar-refractivity contribution in [1.82, 2.24) is 5.32 Å². The lowest BCUT2D eigenvalue weighted by Gasteiger charge is -2.21. The van der Waals surface area contributed by atoms with Gasteiger partial charge in [0.1, 0.15) is 0 Å². The first-order valence-corrected chi connectivity index (χ1v) is 7.97. The zero-order chi connectivity index (χ0) is 14.6. The summed E-state index contributed by atoms with van der Waals surface area (Å²) in [6, 6.07) is 8.03. The van der Waals surface area contributed by atoms with Crippen LogP contribution >= 0.6 is 11.8 Å². The van der Waals surface area contributed by atoms with Gasteiger partial charge in [-0.2, -0.15) is 11.8 Å². The fourth-order valence-corrected chi connectivity index (χ4v) is 3.39. The van der Waals surface area contributed by atoms with Crippen LogP contribution in [0.1, 0.15) is 24.5 Å². The molecule has 0 spiro atoms. The van der Waals surface area contributed by atoms with Gasteiger partial charge in [0.15, 0.2) is 0 Å². The van der Waals surface area contributed by atoms with Crippen LogP contribution in [-0.2, 0) is 4.79 Å². The van der Waals surface area contributed by atoms with Crippen LogP contribution in [0.4, 0.5) is 0 Å². The topological polar surface area (TPSA) is 49.3 Å². The van der Waals surface area contributed by atoms with E-state index >= 15 is 0 Å². The van der Waals surface area contributed by atoms with Crippen LogP contribution < -0.4 is 5.32 Å². The lowest BCUT2D eigenvalue weighted by Crippen LogP contribution is -2.43. The van der Waals surface area contributed by atoms with E-state index in [1.165, 1.54) is 5.56 Å². The Morgan fingerprint density at radius 3 is 2.75 bits per heavy atom. The second kappa shape index (κ2) is 6.46. The first-order chi connectivity index (χ1) is 9.48. The summed E-state index contributed by atoms with van der Waals surface area (Å²) >= 11 is 1.73. The average Bonchev–Trinajstić information content (AvgIpc) is 2.86. The Balaban J connectivity index is 1.92. The number of benzene rings is 1. The number of carbonyl (C=O) groups excluding carboxylic acids is 1. The molecule has 0 bridgehead atoms. The summed E-state index contributed by atoms with van der Waals surface area (Å²) in [7, 11) is 0. The number of aryl methyl sites for hydroxylation is 1. The van der Waals surface area contributed by atoms with Crippen molar-refractivity contribution in [1.29, 1.82) is 0 Å². The van der Waals surface area contributed by atoms with Gasteiger partial charge in [-0.3, -0.25) is 4.79 Å². The molecule has 2 N–H and O–H groups in total. The molecular weight excluding hydrogens is 270 g/mol. The molecular formula is C16H21NO2S. The molecule has 0 saturated carbocycles. The number of carbonyl (C=O) groups is 1. The lowest BCUT2D eigenvalue weighted by atomic mass is 10.0. The molecule has 0 aromatic heterocycles. The first kappa shape index (κ1) is 15.1. The van der Waals surface area contributed by atoms with Gasteiger partial charge in [-0.05, 0) is 37.7 Å². The highest BCUT2D eigenvalue weighted by Crippen LogP contribution is 2.27. The van der Waals surface area contributed by atoms with Crippen molar-refractivity contribution in [2.24, 2.45) is 0 Å². The van der Waals surface area contributed by atoms with E-state index in [1.54, 1.807) is 18.7 Å². The Morgan fingerprint density at radius 1 is 1.45 bits per heavy atom. The third-order valence-electron chi connectivity index (χ3n) is 3.48. The molecule has 1 aromatic carbocycles. The normalized spacial score (nSPS) is 22.9. The zero-order valence-corrected chi connectivity index (χ0v) is 12.8. The molecule has 1 saturated heterocycles. The van der Waals surface area contributed by atoms with Crippen LogP contribution in [0.2, 0.25) is 0 Å². The van der Waals surface area contributed by atoms with Gasteiger partial charge in [0.25, 0.3) is 0 Å². The van der Waals surface area contributed by atoms with Crippen molar-refractivity contribution < 1.29 is 9.90 Å². The molecule has 2 rings (SSSR count). The van der Waals surface area contributed by atoms with Crippen LogP contribution in [0.5, 0.6) is 0 Å². The molecule has 1 aliphatic heterocycles. The van der Waals surface area contributed by atoms with Gasteiger partial charge in [0.05, 0.1) is 5.60 Å². The average molecular weight is 291 g/mol. The maximum atomic E-state index is 12.0. The zero-order valence-electron chi connectivity index (χ0n) is 12.0. The highest BCUT2D eigenvalue weighted by molar-refractivity contribution is 7.99. The van der Waals surface area contributed by atoms with Crippen molar-refractivity contribution in [3.63, 3.8) is 0 Å². The van der Waals surface area contributed by atoms with E-state index in [9.17, 15) is 9.90 Å². The van der Waals surface area contributed by atoms with Gasteiger partial charge < -0.3 is 10.4 Å². The summed E-state index contributed by atoms with van der Waals surface area (Å²) in [6.45, 7) is 4.16. The SMILES string of the molecule is C/C(=C/c1ccc(C)cc1)C(=O)NCC1(O)CCSC1. The van der Waals surface area contributed by atoms with E-state index in [1.807, 2.05) is 37.3 Å². The van der Waals surface area contributed by atoms with Crippen molar-refractivity contribution >= 4 is 23.7 Å². The van der Waals surface area contributed by atoms with Crippen molar-refractivity contribution in [3.8, 4) is 0 Å². The number of aliphatic hydroxyl groups is 1. The molecule has 20 heavy (non-hydrogen) atoms. The molecule has 4 heteroatoms. The highest BCUT2D eigenvalue weighted by atomic mass is 32.2. The Bertz CT molecular complexity index is 502. The van der Waals surface area contributed by atoms with Crippen molar-refractivity contribution in [3.05, 3.63) is 41.0 Å². The summed E-state index contributed by atoms with van der Waals surface area (Å²) in [5.41, 5.74) is 2.14. The van der Waals surface area contributed by atoms with E-state index < -0.39 is 5.60 Å². The predicted octanol–water partition coefficient (Wildman–Crippen LogP) is 2.38. The molecule has 1 fully saturated rings. The molecule has 3 nitrogen and oxygen atoms in total. The van der Waals surface area contributed by atoms with Gasteiger partial charge in [0, 0.05) is 17.9 Å². The number of amides is 1. The van der Waals surface area contributed by atoms with Crippen LogP contribution in [0.15, 0.2) is 29.8 Å². The molecule has 1 unspecified atom stereocenters. The van der Waals surface area contributed by atoms with Crippen LogP contribution in [-0.4, -0.2) is 34.7 Å². The second-order valence-corrected chi connectivity index (χ2v) is 6.55. The van der Waals surface area contributed by atoms with Gasteiger partial charge in [-0.15, -0.1) is 0 Å².